The molecular formula is C9H9FO. The summed E-state index contributed by atoms with van der Waals surface area (Å²) < 4.78 is 17.7. The minimum absolute atomic E-state index is 0.187. The summed E-state index contributed by atoms with van der Waals surface area (Å²) in [4.78, 5) is 0. The van der Waals surface area contributed by atoms with Gasteiger partial charge < -0.3 is 4.74 Å². The molecule has 2 rings (SSSR count). The van der Waals surface area contributed by atoms with E-state index in [-0.39, 0.29) is 11.9 Å². The van der Waals surface area contributed by atoms with Crippen LogP contribution in [-0.4, -0.2) is 6.61 Å². The summed E-state index contributed by atoms with van der Waals surface area (Å²) in [5.41, 5.74) is 1.08. The summed E-state index contributed by atoms with van der Waals surface area (Å²) in [6.07, 6.45) is 1.28. The Kier molecular flexibility index (Phi) is 1.62. The van der Waals surface area contributed by atoms with Crippen LogP contribution in [0.1, 0.15) is 18.1 Å². The maximum atomic E-state index is 12.4. The van der Waals surface area contributed by atoms with Crippen LogP contribution in [0.2, 0.25) is 0 Å². The second kappa shape index (κ2) is 2.62. The van der Waals surface area contributed by atoms with Gasteiger partial charge in [0.2, 0.25) is 0 Å². The zero-order valence-corrected chi connectivity index (χ0v) is 6.09. The first kappa shape index (κ1) is 6.80. The third kappa shape index (κ3) is 1.26. The van der Waals surface area contributed by atoms with Gasteiger partial charge >= 0.3 is 0 Å². The molecule has 0 saturated carbocycles. The Morgan fingerprint density at radius 1 is 1.27 bits per heavy atom. The highest BCUT2D eigenvalue weighted by Gasteiger charge is 2.19. The summed E-state index contributed by atoms with van der Waals surface area (Å²) in [5, 5.41) is 0. The van der Waals surface area contributed by atoms with Crippen molar-refractivity contribution in [3.8, 4) is 0 Å². The van der Waals surface area contributed by atoms with E-state index in [1.165, 1.54) is 12.1 Å². The maximum Gasteiger partial charge on any atom is 0.123 e. The molecule has 11 heavy (non-hydrogen) atoms. The molecule has 0 aliphatic carbocycles. The second-order valence-corrected chi connectivity index (χ2v) is 2.70. The molecule has 58 valence electrons. The van der Waals surface area contributed by atoms with E-state index < -0.39 is 0 Å². The van der Waals surface area contributed by atoms with Crippen LogP contribution in [0.5, 0.6) is 0 Å². The van der Waals surface area contributed by atoms with Crippen molar-refractivity contribution in [1.29, 1.82) is 0 Å². The Morgan fingerprint density at radius 3 is 2.36 bits per heavy atom. The van der Waals surface area contributed by atoms with Gasteiger partial charge in [-0.05, 0) is 17.7 Å². The van der Waals surface area contributed by atoms with Gasteiger partial charge in [-0.1, -0.05) is 12.1 Å². The average molecular weight is 152 g/mol. The van der Waals surface area contributed by atoms with Gasteiger partial charge in [0.05, 0.1) is 12.7 Å². The third-order valence-corrected chi connectivity index (χ3v) is 1.94. The summed E-state index contributed by atoms with van der Waals surface area (Å²) in [7, 11) is 0. The van der Waals surface area contributed by atoms with Gasteiger partial charge in [-0.25, -0.2) is 4.39 Å². The molecule has 1 aliphatic heterocycles. The molecule has 0 aromatic heterocycles. The molecule has 0 N–H and O–H groups in total. The normalized spacial score (nSPS) is 22.8. The average Bonchev–Trinajstić information content (AvgIpc) is 1.90. The molecule has 1 unspecified atom stereocenters. The van der Waals surface area contributed by atoms with Crippen molar-refractivity contribution in [2.45, 2.75) is 12.5 Å². The standard InChI is InChI=1S/C9H9FO/c10-8-3-1-7(2-4-8)9-5-6-11-9/h1-4,9H,5-6H2. The number of benzene rings is 1. The summed E-state index contributed by atoms with van der Waals surface area (Å²) in [6.45, 7) is 0.835. The van der Waals surface area contributed by atoms with Crippen LogP contribution in [0.4, 0.5) is 4.39 Å². The minimum atomic E-state index is -0.187. The molecule has 1 aromatic rings. The van der Waals surface area contributed by atoms with E-state index in [0.29, 0.717) is 0 Å². The van der Waals surface area contributed by atoms with Gasteiger partial charge in [-0.2, -0.15) is 0 Å². The topological polar surface area (TPSA) is 9.23 Å². The predicted octanol–water partition coefficient (Wildman–Crippen LogP) is 2.29. The molecule has 0 radical (unpaired) electrons. The van der Waals surface area contributed by atoms with Crippen LogP contribution in [0, 0.1) is 5.82 Å². The summed E-state index contributed by atoms with van der Waals surface area (Å²) in [6, 6.07) is 6.49. The van der Waals surface area contributed by atoms with Crippen LogP contribution in [0.3, 0.4) is 0 Å². The Morgan fingerprint density at radius 2 is 1.91 bits per heavy atom. The zero-order valence-electron chi connectivity index (χ0n) is 6.09. The van der Waals surface area contributed by atoms with Crippen molar-refractivity contribution < 1.29 is 9.13 Å². The van der Waals surface area contributed by atoms with Crippen LogP contribution in [-0.2, 0) is 4.74 Å². The third-order valence-electron chi connectivity index (χ3n) is 1.94. The first-order valence-electron chi connectivity index (χ1n) is 3.73. The van der Waals surface area contributed by atoms with Crippen LogP contribution < -0.4 is 0 Å². The molecule has 1 nitrogen and oxygen atoms in total. The van der Waals surface area contributed by atoms with Crippen LogP contribution in [0.15, 0.2) is 24.3 Å². The zero-order chi connectivity index (χ0) is 7.68. The largest absolute Gasteiger partial charge is 0.373 e. The van der Waals surface area contributed by atoms with E-state index in [4.69, 9.17) is 4.74 Å². The Labute approximate surface area is 64.8 Å². The molecule has 0 bridgehead atoms. The van der Waals surface area contributed by atoms with Gasteiger partial charge in [0.25, 0.3) is 0 Å². The molecule has 1 aliphatic rings. The highest BCUT2D eigenvalue weighted by molar-refractivity contribution is 5.19. The molecule has 1 atom stereocenters. The number of rotatable bonds is 1. The van der Waals surface area contributed by atoms with Crippen molar-refractivity contribution in [2.24, 2.45) is 0 Å². The fourth-order valence-electron chi connectivity index (χ4n) is 1.18. The predicted molar refractivity (Wildman–Crippen MR) is 39.7 cm³/mol. The van der Waals surface area contributed by atoms with Crippen molar-refractivity contribution in [3.05, 3.63) is 35.6 Å². The summed E-state index contributed by atoms with van der Waals surface area (Å²) >= 11 is 0. The fourth-order valence-corrected chi connectivity index (χ4v) is 1.18. The van der Waals surface area contributed by atoms with E-state index >= 15 is 0 Å². The van der Waals surface area contributed by atoms with Crippen LogP contribution >= 0.6 is 0 Å². The first-order valence-corrected chi connectivity index (χ1v) is 3.73. The Balaban J connectivity index is 2.18. The first-order chi connectivity index (χ1) is 5.36. The molecule has 1 saturated heterocycles. The smallest absolute Gasteiger partial charge is 0.123 e. The van der Waals surface area contributed by atoms with Crippen molar-refractivity contribution in [1.82, 2.24) is 0 Å². The lowest BCUT2D eigenvalue weighted by Gasteiger charge is -2.26. The lowest BCUT2D eigenvalue weighted by Crippen LogP contribution is -2.17. The number of hydrogen-bond acceptors (Lipinski definition) is 1. The highest BCUT2D eigenvalue weighted by Crippen LogP contribution is 2.28. The molecule has 2 heteroatoms. The Bertz CT molecular complexity index is 238. The molecule has 0 spiro atoms. The molecule has 1 aromatic carbocycles. The van der Waals surface area contributed by atoms with E-state index in [0.717, 1.165) is 18.6 Å². The Hall–Kier alpha value is -0.890. The highest BCUT2D eigenvalue weighted by atomic mass is 19.1. The van der Waals surface area contributed by atoms with E-state index in [2.05, 4.69) is 0 Å². The summed E-state index contributed by atoms with van der Waals surface area (Å²) in [5.74, 6) is -0.187. The van der Waals surface area contributed by atoms with Gasteiger partial charge in [-0.15, -0.1) is 0 Å². The quantitative estimate of drug-likeness (QED) is 0.599. The molecule has 1 fully saturated rings. The fraction of sp³-hybridized carbons (Fsp3) is 0.333. The molecular weight excluding hydrogens is 143 g/mol. The monoisotopic (exact) mass is 152 g/mol. The van der Waals surface area contributed by atoms with Gasteiger partial charge in [0.15, 0.2) is 0 Å². The van der Waals surface area contributed by atoms with Crippen LogP contribution in [0.25, 0.3) is 0 Å². The van der Waals surface area contributed by atoms with E-state index in [1.54, 1.807) is 12.1 Å². The van der Waals surface area contributed by atoms with Gasteiger partial charge in [-0.3, -0.25) is 0 Å². The van der Waals surface area contributed by atoms with E-state index in [1.807, 2.05) is 0 Å². The molecule has 0 amide bonds. The second-order valence-electron chi connectivity index (χ2n) is 2.70. The van der Waals surface area contributed by atoms with Gasteiger partial charge in [0, 0.05) is 6.42 Å². The van der Waals surface area contributed by atoms with Crippen molar-refractivity contribution in [3.63, 3.8) is 0 Å². The number of halogens is 1. The lowest BCUT2D eigenvalue weighted by atomic mass is 10.0. The molecule has 1 heterocycles. The SMILES string of the molecule is Fc1ccc(C2CCO2)cc1. The van der Waals surface area contributed by atoms with Crippen molar-refractivity contribution in [2.75, 3.05) is 6.61 Å². The maximum absolute atomic E-state index is 12.4. The van der Waals surface area contributed by atoms with Gasteiger partial charge in [0.1, 0.15) is 5.82 Å². The lowest BCUT2D eigenvalue weighted by molar-refractivity contribution is -0.0527. The number of ether oxygens (including phenoxy) is 1. The number of hydrogen-bond donors (Lipinski definition) is 0. The minimum Gasteiger partial charge on any atom is -0.373 e. The van der Waals surface area contributed by atoms with E-state index in [9.17, 15) is 4.39 Å². The van der Waals surface area contributed by atoms with Crippen molar-refractivity contribution >= 4 is 0 Å².